The number of alkyl halides is 3. The summed E-state index contributed by atoms with van der Waals surface area (Å²) in [5.41, 5.74) is 2.48. The first-order valence-corrected chi connectivity index (χ1v) is 11.3. The Bertz CT molecular complexity index is 1030. The summed E-state index contributed by atoms with van der Waals surface area (Å²) in [6, 6.07) is 13.4. The molecule has 0 bridgehead atoms. The highest BCUT2D eigenvalue weighted by Crippen LogP contribution is 2.30. The minimum Gasteiger partial charge on any atom is -0.351 e. The maximum absolute atomic E-state index is 13.1. The molecular formula is C24H26F3N3OS. The van der Waals surface area contributed by atoms with Crippen LogP contribution in [-0.4, -0.2) is 22.3 Å². The summed E-state index contributed by atoms with van der Waals surface area (Å²) in [5.74, 6) is -0.211. The maximum Gasteiger partial charge on any atom is 0.416 e. The van der Waals surface area contributed by atoms with E-state index in [2.05, 4.69) is 10.3 Å². The number of hydrogen-bond donors (Lipinski definition) is 1. The number of benzene rings is 2. The minimum atomic E-state index is -4.38. The molecule has 0 unspecified atom stereocenters. The Morgan fingerprint density at radius 1 is 1.06 bits per heavy atom. The van der Waals surface area contributed by atoms with Gasteiger partial charge in [-0.05, 0) is 30.5 Å². The third-order valence-corrected chi connectivity index (χ3v) is 5.70. The van der Waals surface area contributed by atoms with Crippen LogP contribution in [-0.2, 0) is 25.8 Å². The number of hydrogen-bond acceptors (Lipinski definition) is 4. The van der Waals surface area contributed by atoms with E-state index in [0.717, 1.165) is 28.6 Å². The van der Waals surface area contributed by atoms with Gasteiger partial charge in [0.2, 0.25) is 0 Å². The fraction of sp³-hybridized carbons (Fsp3) is 0.333. The summed E-state index contributed by atoms with van der Waals surface area (Å²) in [6.07, 6.45) is -3.54. The number of carbonyl (C=O) groups is 1. The smallest absolute Gasteiger partial charge is 0.351 e. The quantitative estimate of drug-likeness (QED) is 0.437. The molecule has 32 heavy (non-hydrogen) atoms. The zero-order valence-electron chi connectivity index (χ0n) is 18.1. The number of aryl methyl sites for hydroxylation is 1. The van der Waals surface area contributed by atoms with Crippen molar-refractivity contribution in [2.24, 2.45) is 0 Å². The van der Waals surface area contributed by atoms with Gasteiger partial charge in [-0.2, -0.15) is 13.2 Å². The number of nitrogens with one attached hydrogen (secondary N) is 1. The monoisotopic (exact) mass is 461 g/mol. The largest absolute Gasteiger partial charge is 0.416 e. The maximum atomic E-state index is 13.1. The lowest BCUT2D eigenvalue weighted by atomic mass is 10.1. The van der Waals surface area contributed by atoms with E-state index in [-0.39, 0.29) is 5.91 Å². The molecule has 0 aliphatic rings. The van der Waals surface area contributed by atoms with E-state index in [1.807, 2.05) is 43.0 Å². The van der Waals surface area contributed by atoms with E-state index in [9.17, 15) is 18.0 Å². The van der Waals surface area contributed by atoms with Crippen LogP contribution in [0.2, 0.25) is 0 Å². The van der Waals surface area contributed by atoms with Crippen LogP contribution in [0.4, 0.5) is 13.2 Å². The zero-order chi connectivity index (χ0) is 23.1. The molecule has 4 nitrogen and oxygen atoms in total. The van der Waals surface area contributed by atoms with Crippen molar-refractivity contribution in [3.05, 3.63) is 86.9 Å². The summed E-state index contributed by atoms with van der Waals surface area (Å²) in [4.78, 5) is 18.6. The summed E-state index contributed by atoms with van der Waals surface area (Å²) in [5, 5.41) is 5.26. The molecule has 0 fully saturated rings. The van der Waals surface area contributed by atoms with Gasteiger partial charge >= 0.3 is 6.18 Å². The van der Waals surface area contributed by atoms with Crippen LogP contribution in [0.3, 0.4) is 0 Å². The lowest BCUT2D eigenvalue weighted by Crippen LogP contribution is -2.25. The molecule has 0 atom stereocenters. The third kappa shape index (κ3) is 6.90. The molecule has 170 valence electrons. The van der Waals surface area contributed by atoms with Crippen molar-refractivity contribution >= 4 is 17.2 Å². The molecule has 1 N–H and O–H groups in total. The molecule has 0 saturated carbocycles. The number of aromatic nitrogens is 1. The summed E-state index contributed by atoms with van der Waals surface area (Å²) in [6.45, 7) is 5.87. The first-order valence-electron chi connectivity index (χ1n) is 10.4. The second-order valence-electron chi connectivity index (χ2n) is 7.71. The number of rotatable bonds is 9. The lowest BCUT2D eigenvalue weighted by Gasteiger charge is -2.22. The fourth-order valence-corrected chi connectivity index (χ4v) is 4.05. The van der Waals surface area contributed by atoms with Gasteiger partial charge in [0.05, 0.1) is 12.1 Å². The lowest BCUT2D eigenvalue weighted by molar-refractivity contribution is -0.137. The van der Waals surface area contributed by atoms with Crippen LogP contribution in [0.15, 0.2) is 53.9 Å². The van der Waals surface area contributed by atoms with Crippen LogP contribution in [0.5, 0.6) is 0 Å². The van der Waals surface area contributed by atoms with Crippen molar-refractivity contribution in [1.82, 2.24) is 15.2 Å². The van der Waals surface area contributed by atoms with E-state index >= 15 is 0 Å². The van der Waals surface area contributed by atoms with Crippen LogP contribution >= 0.6 is 11.3 Å². The molecule has 8 heteroatoms. The number of amides is 1. The molecule has 0 radical (unpaired) electrons. The fourth-order valence-electron chi connectivity index (χ4n) is 3.23. The predicted octanol–water partition coefficient (Wildman–Crippen LogP) is 5.81. The Kier molecular flexibility index (Phi) is 8.04. The van der Waals surface area contributed by atoms with E-state index < -0.39 is 11.7 Å². The second kappa shape index (κ2) is 10.7. The molecule has 0 saturated heterocycles. The molecule has 3 rings (SSSR count). The van der Waals surface area contributed by atoms with Crippen molar-refractivity contribution in [3.63, 3.8) is 0 Å². The number of halogens is 3. The normalized spacial score (nSPS) is 11.7. The van der Waals surface area contributed by atoms with Crippen molar-refractivity contribution in [2.75, 3.05) is 6.54 Å². The number of thiazole rings is 1. The van der Waals surface area contributed by atoms with Gasteiger partial charge in [-0.1, -0.05) is 55.0 Å². The summed E-state index contributed by atoms with van der Waals surface area (Å²) in [7, 11) is 0. The van der Waals surface area contributed by atoms with E-state index in [1.54, 1.807) is 11.4 Å². The number of carbonyl (C=O) groups excluding carboxylic acids is 1. The predicted molar refractivity (Wildman–Crippen MR) is 120 cm³/mol. The van der Waals surface area contributed by atoms with Gasteiger partial charge in [0.15, 0.2) is 0 Å². The minimum absolute atomic E-state index is 0.211. The first-order chi connectivity index (χ1) is 15.2. The molecule has 1 heterocycles. The first kappa shape index (κ1) is 23.9. The molecule has 1 amide bonds. The Balaban J connectivity index is 1.79. The molecule has 1 aromatic heterocycles. The molecule has 0 aliphatic heterocycles. The highest BCUT2D eigenvalue weighted by molar-refractivity contribution is 7.09. The molecular weight excluding hydrogens is 435 g/mol. The average molecular weight is 462 g/mol. The van der Waals surface area contributed by atoms with Gasteiger partial charge in [-0.15, -0.1) is 11.3 Å². The van der Waals surface area contributed by atoms with Gasteiger partial charge in [0, 0.05) is 25.0 Å². The van der Waals surface area contributed by atoms with Gasteiger partial charge in [0.25, 0.3) is 5.91 Å². The Morgan fingerprint density at radius 2 is 1.78 bits per heavy atom. The van der Waals surface area contributed by atoms with Crippen LogP contribution in [0, 0.1) is 6.92 Å². The van der Waals surface area contributed by atoms with Crippen molar-refractivity contribution in [3.8, 4) is 0 Å². The van der Waals surface area contributed by atoms with Crippen molar-refractivity contribution in [2.45, 2.75) is 46.1 Å². The SMILES string of the molecule is CCCNC(=O)c1csc(CN(Cc2ccc(C)cc2)Cc2cccc(C(F)(F)F)c2)n1. The van der Waals surface area contributed by atoms with Gasteiger partial charge in [-0.3, -0.25) is 9.69 Å². The zero-order valence-corrected chi connectivity index (χ0v) is 18.9. The second-order valence-corrected chi connectivity index (χ2v) is 8.65. The Labute approximate surface area is 190 Å². The highest BCUT2D eigenvalue weighted by atomic mass is 32.1. The highest BCUT2D eigenvalue weighted by Gasteiger charge is 2.30. The van der Waals surface area contributed by atoms with Gasteiger partial charge < -0.3 is 5.32 Å². The number of nitrogens with zero attached hydrogens (tertiary/aromatic N) is 2. The van der Waals surface area contributed by atoms with Crippen LogP contribution in [0.25, 0.3) is 0 Å². The summed E-state index contributed by atoms with van der Waals surface area (Å²) < 4.78 is 39.4. The molecule has 0 aliphatic carbocycles. The Hall–Kier alpha value is -2.71. The Morgan fingerprint density at radius 3 is 2.47 bits per heavy atom. The van der Waals surface area contributed by atoms with E-state index in [4.69, 9.17) is 0 Å². The molecule has 0 spiro atoms. The topological polar surface area (TPSA) is 45.2 Å². The average Bonchev–Trinajstić information content (AvgIpc) is 3.22. The van der Waals surface area contributed by atoms with Crippen molar-refractivity contribution in [1.29, 1.82) is 0 Å². The van der Waals surface area contributed by atoms with Crippen LogP contribution in [0.1, 0.15) is 51.1 Å². The van der Waals surface area contributed by atoms with Gasteiger partial charge in [0.1, 0.15) is 10.7 Å². The molecule has 3 aromatic rings. The van der Waals surface area contributed by atoms with Crippen molar-refractivity contribution < 1.29 is 18.0 Å². The standard InChI is InChI=1S/C24H26F3N3OS/c1-3-11-28-23(31)21-16-32-22(29-21)15-30(13-18-9-7-17(2)8-10-18)14-19-5-4-6-20(12-19)24(25,26)27/h4-10,12,16H,3,11,13-15H2,1-2H3,(H,28,31). The molecule has 2 aromatic carbocycles. The van der Waals surface area contributed by atoms with Crippen LogP contribution < -0.4 is 5.32 Å². The van der Waals surface area contributed by atoms with E-state index in [0.29, 0.717) is 37.4 Å². The van der Waals surface area contributed by atoms with E-state index in [1.165, 1.54) is 23.5 Å². The third-order valence-electron chi connectivity index (χ3n) is 4.87. The summed E-state index contributed by atoms with van der Waals surface area (Å²) >= 11 is 1.38. The van der Waals surface area contributed by atoms with Gasteiger partial charge in [-0.25, -0.2) is 4.98 Å².